The summed E-state index contributed by atoms with van der Waals surface area (Å²) in [5.74, 6) is 2.01. The highest BCUT2D eigenvalue weighted by Gasteiger charge is 2.53. The lowest BCUT2D eigenvalue weighted by molar-refractivity contribution is -0.658. The van der Waals surface area contributed by atoms with Crippen LogP contribution >= 0.6 is 0 Å². The minimum Gasteiger partial charge on any atom is -0.336 e. The third-order valence-electron chi connectivity index (χ3n) is 7.19. The fraction of sp³-hybridized carbons (Fsp3) is 0.258. The number of benzene rings is 3. The van der Waals surface area contributed by atoms with Crippen LogP contribution in [0.15, 0.2) is 91.1 Å². The van der Waals surface area contributed by atoms with E-state index in [9.17, 15) is 0 Å². The highest BCUT2D eigenvalue weighted by atomic mass is 15.3. The summed E-state index contributed by atoms with van der Waals surface area (Å²) in [6, 6.07) is 30.9. The van der Waals surface area contributed by atoms with Gasteiger partial charge in [0.1, 0.15) is 5.69 Å². The maximum atomic E-state index is 2.56. The Morgan fingerprint density at radius 1 is 0.686 bits per heavy atom. The van der Waals surface area contributed by atoms with Crippen LogP contribution in [-0.4, -0.2) is 6.98 Å². The van der Waals surface area contributed by atoms with Gasteiger partial charge in [0.05, 0.1) is 18.9 Å². The summed E-state index contributed by atoms with van der Waals surface area (Å²) in [5, 5.41) is 0. The minimum atomic E-state index is -0.00176. The van der Waals surface area contributed by atoms with Crippen molar-refractivity contribution in [2.45, 2.75) is 46.5 Å². The van der Waals surface area contributed by atoms with Crippen molar-refractivity contribution in [3.8, 4) is 0 Å². The predicted octanol–water partition coefficient (Wildman–Crippen LogP) is 6.75. The highest BCUT2D eigenvalue weighted by Crippen LogP contribution is 2.47. The lowest BCUT2D eigenvalue weighted by Gasteiger charge is -2.29. The molecule has 0 spiro atoms. The van der Waals surface area contributed by atoms with E-state index in [4.69, 9.17) is 0 Å². The first-order valence-corrected chi connectivity index (χ1v) is 12.7. The summed E-state index contributed by atoms with van der Waals surface area (Å²) < 4.78 is 2.24. The average molecular weight is 460 g/mol. The van der Waals surface area contributed by atoms with Crippen molar-refractivity contribution in [1.82, 2.24) is 0 Å². The molecule has 0 amide bonds. The van der Waals surface area contributed by atoms with Gasteiger partial charge in [-0.2, -0.15) is 0 Å². The van der Waals surface area contributed by atoms with Crippen molar-refractivity contribution in [2.24, 2.45) is 7.05 Å². The van der Waals surface area contributed by atoms with Gasteiger partial charge >= 0.3 is 6.98 Å². The fourth-order valence-corrected chi connectivity index (χ4v) is 5.56. The normalized spacial score (nSPS) is 13.2. The third-order valence-corrected chi connectivity index (χ3v) is 7.19. The van der Waals surface area contributed by atoms with Crippen LogP contribution in [0.1, 0.15) is 56.2 Å². The maximum Gasteiger partial charge on any atom is 0.543 e. The van der Waals surface area contributed by atoms with Crippen molar-refractivity contribution in [1.29, 1.82) is 0 Å². The molecule has 4 heteroatoms. The Hall–Kier alpha value is -3.53. The largest absolute Gasteiger partial charge is 0.543 e. The van der Waals surface area contributed by atoms with Crippen LogP contribution in [-0.2, 0) is 7.05 Å². The molecule has 0 atom stereocenters. The first-order valence-electron chi connectivity index (χ1n) is 12.7. The Morgan fingerprint density at radius 2 is 1.31 bits per heavy atom. The second-order valence-electron chi connectivity index (χ2n) is 10.2. The monoisotopic (exact) mass is 460 g/mol. The molecule has 0 unspecified atom stereocenters. The highest BCUT2D eigenvalue weighted by molar-refractivity contribution is 6.85. The molecular formula is C31H35BN3+. The summed E-state index contributed by atoms with van der Waals surface area (Å²) in [4.78, 5) is 5.10. The van der Waals surface area contributed by atoms with Crippen LogP contribution in [0.4, 0.5) is 22.9 Å². The van der Waals surface area contributed by atoms with E-state index in [1.54, 1.807) is 0 Å². The van der Waals surface area contributed by atoms with E-state index in [1.165, 1.54) is 45.0 Å². The molecule has 3 nitrogen and oxygen atoms in total. The topological polar surface area (TPSA) is 10.4 Å². The number of para-hydroxylation sites is 2. The van der Waals surface area contributed by atoms with Gasteiger partial charge in [0.2, 0.25) is 0 Å². The van der Waals surface area contributed by atoms with Crippen molar-refractivity contribution < 1.29 is 4.57 Å². The Kier molecular flexibility index (Phi) is 6.14. The number of hydrogen-bond acceptors (Lipinski definition) is 2. The van der Waals surface area contributed by atoms with Crippen LogP contribution in [0, 0.1) is 6.92 Å². The Morgan fingerprint density at radius 3 is 1.94 bits per heavy atom. The molecule has 1 aromatic heterocycles. The van der Waals surface area contributed by atoms with E-state index in [0.29, 0.717) is 11.8 Å². The third kappa shape index (κ3) is 3.91. The summed E-state index contributed by atoms with van der Waals surface area (Å²) >= 11 is 0. The molecule has 0 N–H and O–H groups in total. The van der Waals surface area contributed by atoms with Gasteiger partial charge in [0.25, 0.3) is 5.82 Å². The smallest absolute Gasteiger partial charge is 0.336 e. The number of aromatic nitrogens is 1. The molecular weight excluding hydrogens is 425 g/mol. The summed E-state index contributed by atoms with van der Waals surface area (Å²) in [7, 11) is 2.15. The lowest BCUT2D eigenvalue weighted by Crippen LogP contribution is -2.58. The van der Waals surface area contributed by atoms with Gasteiger partial charge in [-0.1, -0.05) is 82.3 Å². The molecule has 1 aliphatic heterocycles. The van der Waals surface area contributed by atoms with Crippen molar-refractivity contribution in [3.63, 3.8) is 0 Å². The van der Waals surface area contributed by atoms with Gasteiger partial charge in [-0.3, -0.25) is 4.81 Å². The van der Waals surface area contributed by atoms with Crippen molar-refractivity contribution >= 4 is 35.3 Å². The summed E-state index contributed by atoms with van der Waals surface area (Å²) in [5.41, 5.74) is 9.25. The van der Waals surface area contributed by atoms with Crippen LogP contribution in [0.2, 0.25) is 0 Å². The molecule has 4 aromatic rings. The van der Waals surface area contributed by atoms with Crippen LogP contribution in [0.25, 0.3) is 0 Å². The van der Waals surface area contributed by atoms with E-state index in [0.717, 1.165) is 0 Å². The molecule has 0 bridgehead atoms. The second kappa shape index (κ2) is 9.26. The molecule has 0 saturated carbocycles. The lowest BCUT2D eigenvalue weighted by atomic mass is 9.58. The van der Waals surface area contributed by atoms with Crippen molar-refractivity contribution in [2.75, 3.05) is 9.62 Å². The van der Waals surface area contributed by atoms with Crippen LogP contribution in [0.5, 0.6) is 0 Å². The predicted molar refractivity (Wildman–Crippen MR) is 150 cm³/mol. The number of nitrogens with zero attached hydrogens (tertiary/aromatic N) is 3. The Balaban J connectivity index is 1.90. The van der Waals surface area contributed by atoms with Gasteiger partial charge in [0.15, 0.2) is 0 Å². The van der Waals surface area contributed by atoms with Gasteiger partial charge in [-0.15, -0.1) is 0 Å². The van der Waals surface area contributed by atoms with Crippen LogP contribution < -0.4 is 19.7 Å². The summed E-state index contributed by atoms with van der Waals surface area (Å²) in [6.07, 6.45) is 2.15. The first kappa shape index (κ1) is 23.2. The molecule has 0 aliphatic carbocycles. The quantitative estimate of drug-likeness (QED) is 0.241. The zero-order valence-electron chi connectivity index (χ0n) is 21.7. The molecule has 0 saturated heterocycles. The van der Waals surface area contributed by atoms with E-state index < -0.39 is 0 Å². The number of aryl methyl sites for hydroxylation is 2. The number of fused-ring (bicyclic) bond motifs is 1. The zero-order chi connectivity index (χ0) is 24.7. The van der Waals surface area contributed by atoms with Crippen molar-refractivity contribution in [3.05, 3.63) is 108 Å². The molecule has 0 fully saturated rings. The maximum absolute atomic E-state index is 2.56. The first-order chi connectivity index (χ1) is 16.9. The number of pyridine rings is 1. The number of rotatable bonds is 5. The van der Waals surface area contributed by atoms with Gasteiger partial charge in [0, 0.05) is 17.2 Å². The standard InChI is InChI=1S/C31H35BN3/c1-22(2)26-17-13-18-27(23(3)4)30(26)32-34(25-15-8-7-9-16-25)28-19-12-14-24(5)31(28)35(32)29-20-10-11-21-33(29)6/h7-23H,1-6H3/q+1. The van der Waals surface area contributed by atoms with E-state index >= 15 is 0 Å². The van der Waals surface area contributed by atoms with Crippen LogP contribution in [0.3, 0.4) is 0 Å². The van der Waals surface area contributed by atoms with E-state index in [2.05, 4.69) is 147 Å². The fourth-order valence-electron chi connectivity index (χ4n) is 5.56. The SMILES string of the molecule is Cc1cccc2c1N(c1cccc[n+]1C)B(c1c(C(C)C)cccc1C(C)C)N2c1ccccc1. The van der Waals surface area contributed by atoms with Gasteiger partial charge < -0.3 is 4.81 Å². The molecule has 5 rings (SSSR count). The minimum absolute atomic E-state index is 0.00176. The van der Waals surface area contributed by atoms with E-state index in [-0.39, 0.29) is 6.98 Å². The van der Waals surface area contributed by atoms with Gasteiger partial charge in [-0.05, 0) is 59.7 Å². The molecule has 2 heterocycles. The molecule has 3 aromatic carbocycles. The molecule has 176 valence electrons. The number of anilines is 4. The molecule has 35 heavy (non-hydrogen) atoms. The molecule has 0 radical (unpaired) electrons. The zero-order valence-corrected chi connectivity index (χ0v) is 21.7. The Labute approximate surface area is 210 Å². The average Bonchev–Trinajstić information content (AvgIpc) is 3.20. The second-order valence-corrected chi connectivity index (χ2v) is 10.2. The van der Waals surface area contributed by atoms with E-state index in [1.807, 2.05) is 0 Å². The summed E-state index contributed by atoms with van der Waals surface area (Å²) in [6.45, 7) is 11.5. The Bertz CT molecular complexity index is 1320. The molecule has 1 aliphatic rings. The number of hydrogen-bond donors (Lipinski definition) is 0. The van der Waals surface area contributed by atoms with Gasteiger partial charge in [-0.25, -0.2) is 4.57 Å².